The van der Waals surface area contributed by atoms with Gasteiger partial charge >= 0.3 is 12.1 Å². The van der Waals surface area contributed by atoms with E-state index >= 15 is 0 Å². The molecule has 0 aliphatic carbocycles. The molecule has 0 unspecified atom stereocenters. The third kappa shape index (κ3) is 5.07. The van der Waals surface area contributed by atoms with E-state index in [2.05, 4.69) is 10.4 Å². The lowest BCUT2D eigenvalue weighted by Gasteiger charge is -2.08. The first-order valence-electron chi connectivity index (χ1n) is 10.2. The molecule has 5 nitrogen and oxygen atoms in total. The lowest BCUT2D eigenvalue weighted by molar-refractivity contribution is -0.137. The molecule has 0 fully saturated rings. The Morgan fingerprint density at radius 3 is 2.32 bits per heavy atom. The van der Waals surface area contributed by atoms with Crippen molar-refractivity contribution in [3.05, 3.63) is 100 Å². The van der Waals surface area contributed by atoms with Gasteiger partial charge in [0, 0.05) is 34.6 Å². The predicted octanol–water partition coefficient (Wildman–Crippen LogP) is 6.83. The number of nitrogens with one attached hydrogen (secondary N) is 1. The van der Waals surface area contributed by atoms with Crippen molar-refractivity contribution in [2.75, 3.05) is 5.32 Å². The molecule has 0 aliphatic rings. The van der Waals surface area contributed by atoms with Crippen LogP contribution in [0.1, 0.15) is 27.0 Å². The summed E-state index contributed by atoms with van der Waals surface area (Å²) < 4.78 is 40.3. The van der Waals surface area contributed by atoms with Gasteiger partial charge in [0.15, 0.2) is 0 Å². The molecule has 4 aromatic rings. The highest BCUT2D eigenvalue weighted by atomic mass is 35.5. The number of aromatic nitrogens is 2. The molecular weight excluding hydrogens is 467 g/mol. The van der Waals surface area contributed by atoms with E-state index in [1.807, 2.05) is 19.1 Å². The average molecular weight is 486 g/mol. The minimum atomic E-state index is -4.43. The third-order valence-electron chi connectivity index (χ3n) is 5.31. The maximum Gasteiger partial charge on any atom is 0.416 e. The van der Waals surface area contributed by atoms with Crippen molar-refractivity contribution in [2.24, 2.45) is 0 Å². The number of halogens is 4. The number of benzene rings is 3. The number of nitrogens with zero attached hydrogens (tertiary/aromatic N) is 2. The highest BCUT2D eigenvalue weighted by Crippen LogP contribution is 2.31. The molecule has 2 N–H and O–H groups in total. The van der Waals surface area contributed by atoms with Crippen molar-refractivity contribution in [2.45, 2.75) is 19.6 Å². The number of anilines is 1. The second-order valence-corrected chi connectivity index (χ2v) is 8.10. The maximum atomic E-state index is 12.9. The molecule has 0 saturated carbocycles. The van der Waals surface area contributed by atoms with Crippen LogP contribution in [0.5, 0.6) is 0 Å². The number of hydrogen-bond acceptors (Lipinski definition) is 3. The summed E-state index contributed by atoms with van der Waals surface area (Å²) in [4.78, 5) is 11.2. The van der Waals surface area contributed by atoms with Crippen molar-refractivity contribution in [1.29, 1.82) is 0 Å². The molecule has 34 heavy (non-hydrogen) atoms. The van der Waals surface area contributed by atoms with Crippen LogP contribution in [0.4, 0.5) is 18.9 Å². The topological polar surface area (TPSA) is 67.2 Å². The zero-order valence-corrected chi connectivity index (χ0v) is 18.7. The standard InChI is InChI=1S/C25H19ClF3N3O2/c1-15-2-9-20(12-22(15)26)30-13-18-14-32(21-10-7-19(8-11-21)25(27,28)29)31-23(18)16-3-5-17(6-4-16)24(33)34/h2-12,14,30H,13H2,1H3,(H,33,34). The second kappa shape index (κ2) is 9.23. The normalized spacial score (nSPS) is 11.4. The fourth-order valence-corrected chi connectivity index (χ4v) is 3.57. The summed E-state index contributed by atoms with van der Waals surface area (Å²) in [6.07, 6.45) is -2.70. The van der Waals surface area contributed by atoms with E-state index in [0.717, 1.165) is 28.9 Å². The largest absolute Gasteiger partial charge is 0.478 e. The SMILES string of the molecule is Cc1ccc(NCc2cn(-c3ccc(C(F)(F)F)cc3)nc2-c2ccc(C(=O)O)cc2)cc1Cl. The van der Waals surface area contributed by atoms with Gasteiger partial charge in [-0.1, -0.05) is 29.8 Å². The monoisotopic (exact) mass is 485 g/mol. The Hall–Kier alpha value is -3.78. The second-order valence-electron chi connectivity index (χ2n) is 7.69. The first kappa shape index (κ1) is 23.4. The molecule has 174 valence electrons. The Bertz CT molecular complexity index is 1330. The molecule has 0 aliphatic heterocycles. The molecule has 0 amide bonds. The molecule has 0 spiro atoms. The van der Waals surface area contributed by atoms with Gasteiger partial charge in [0.1, 0.15) is 0 Å². The van der Waals surface area contributed by atoms with Crippen LogP contribution >= 0.6 is 11.6 Å². The predicted molar refractivity (Wildman–Crippen MR) is 124 cm³/mol. The van der Waals surface area contributed by atoms with Gasteiger partial charge in [0.05, 0.1) is 22.5 Å². The Morgan fingerprint density at radius 2 is 1.74 bits per heavy atom. The van der Waals surface area contributed by atoms with E-state index < -0.39 is 17.7 Å². The van der Waals surface area contributed by atoms with E-state index in [9.17, 15) is 18.0 Å². The van der Waals surface area contributed by atoms with Gasteiger partial charge < -0.3 is 10.4 Å². The summed E-state index contributed by atoms with van der Waals surface area (Å²) >= 11 is 6.21. The van der Waals surface area contributed by atoms with Gasteiger partial charge in [-0.05, 0) is 61.0 Å². The summed E-state index contributed by atoms with van der Waals surface area (Å²) in [7, 11) is 0. The van der Waals surface area contributed by atoms with Gasteiger partial charge in [-0.2, -0.15) is 18.3 Å². The number of alkyl halides is 3. The van der Waals surface area contributed by atoms with Crippen molar-refractivity contribution >= 4 is 23.3 Å². The number of rotatable bonds is 6. The summed E-state index contributed by atoms with van der Waals surface area (Å²) in [5.41, 5.74) is 3.61. The number of carboxylic acids is 1. The van der Waals surface area contributed by atoms with Crippen LogP contribution in [-0.2, 0) is 12.7 Å². The van der Waals surface area contributed by atoms with Gasteiger partial charge in [0.25, 0.3) is 0 Å². The minimum absolute atomic E-state index is 0.139. The molecule has 1 heterocycles. The van der Waals surface area contributed by atoms with Crippen LogP contribution in [0.15, 0.2) is 72.9 Å². The first-order valence-corrected chi connectivity index (χ1v) is 10.6. The Morgan fingerprint density at radius 1 is 1.06 bits per heavy atom. The number of hydrogen-bond donors (Lipinski definition) is 2. The molecule has 0 bridgehead atoms. The zero-order chi connectivity index (χ0) is 24.5. The average Bonchev–Trinajstić information content (AvgIpc) is 3.24. The lowest BCUT2D eigenvalue weighted by Crippen LogP contribution is -2.05. The van der Waals surface area contributed by atoms with Crippen LogP contribution in [0.2, 0.25) is 5.02 Å². The van der Waals surface area contributed by atoms with E-state index in [-0.39, 0.29) is 5.56 Å². The summed E-state index contributed by atoms with van der Waals surface area (Å²) in [5.74, 6) is -1.04. The highest BCUT2D eigenvalue weighted by Gasteiger charge is 2.30. The summed E-state index contributed by atoms with van der Waals surface area (Å²) in [5, 5.41) is 17.6. The van der Waals surface area contributed by atoms with E-state index in [1.165, 1.54) is 28.9 Å². The molecule has 0 atom stereocenters. The maximum absolute atomic E-state index is 12.9. The Balaban J connectivity index is 1.69. The van der Waals surface area contributed by atoms with Crippen LogP contribution in [0.3, 0.4) is 0 Å². The zero-order valence-electron chi connectivity index (χ0n) is 17.9. The first-order chi connectivity index (χ1) is 16.1. The van der Waals surface area contributed by atoms with Gasteiger partial charge in [0.2, 0.25) is 0 Å². The van der Waals surface area contributed by atoms with Crippen LogP contribution in [-0.4, -0.2) is 20.9 Å². The number of aromatic carboxylic acids is 1. The van der Waals surface area contributed by atoms with E-state index in [1.54, 1.807) is 24.4 Å². The molecule has 1 aromatic heterocycles. The van der Waals surface area contributed by atoms with Crippen molar-refractivity contribution in [1.82, 2.24) is 9.78 Å². The molecular formula is C25H19ClF3N3O2. The van der Waals surface area contributed by atoms with Crippen LogP contribution in [0, 0.1) is 6.92 Å². The minimum Gasteiger partial charge on any atom is -0.478 e. The number of aryl methyl sites for hydroxylation is 1. The third-order valence-corrected chi connectivity index (χ3v) is 5.72. The number of carboxylic acid groups (broad SMARTS) is 1. The van der Waals surface area contributed by atoms with Gasteiger partial charge in [-0.15, -0.1) is 0 Å². The lowest BCUT2D eigenvalue weighted by atomic mass is 10.1. The molecule has 0 radical (unpaired) electrons. The van der Waals surface area contributed by atoms with Crippen molar-refractivity contribution in [3.8, 4) is 16.9 Å². The fraction of sp³-hybridized carbons (Fsp3) is 0.120. The summed E-state index contributed by atoms with van der Waals surface area (Å²) in [6.45, 7) is 2.26. The van der Waals surface area contributed by atoms with E-state index in [0.29, 0.717) is 28.5 Å². The van der Waals surface area contributed by atoms with Crippen molar-refractivity contribution in [3.63, 3.8) is 0 Å². The fourth-order valence-electron chi connectivity index (χ4n) is 3.39. The van der Waals surface area contributed by atoms with Crippen LogP contribution in [0.25, 0.3) is 16.9 Å². The summed E-state index contributed by atoms with van der Waals surface area (Å²) in [6, 6.07) is 16.5. The Kier molecular flexibility index (Phi) is 6.34. The van der Waals surface area contributed by atoms with Gasteiger partial charge in [-0.25, -0.2) is 9.48 Å². The van der Waals surface area contributed by atoms with Gasteiger partial charge in [-0.3, -0.25) is 0 Å². The van der Waals surface area contributed by atoms with Crippen LogP contribution < -0.4 is 5.32 Å². The quantitative estimate of drug-likeness (QED) is 0.314. The molecule has 9 heteroatoms. The smallest absolute Gasteiger partial charge is 0.416 e. The molecule has 4 rings (SSSR count). The van der Waals surface area contributed by atoms with Crippen molar-refractivity contribution < 1.29 is 23.1 Å². The van der Waals surface area contributed by atoms with E-state index in [4.69, 9.17) is 16.7 Å². The Labute approximate surface area is 198 Å². The molecule has 0 saturated heterocycles. The highest BCUT2D eigenvalue weighted by molar-refractivity contribution is 6.31. The molecule has 3 aromatic carbocycles. The number of carbonyl (C=O) groups is 1.